The second-order valence-electron chi connectivity index (χ2n) is 3.88. The number of nitrogens with zero attached hydrogens (tertiary/aromatic N) is 3. The predicted octanol–water partition coefficient (Wildman–Crippen LogP) is 0.849. The van der Waals surface area contributed by atoms with E-state index in [1.807, 2.05) is 6.07 Å². The van der Waals surface area contributed by atoms with Gasteiger partial charge in [0.1, 0.15) is 0 Å². The van der Waals surface area contributed by atoms with Gasteiger partial charge in [0, 0.05) is 45.1 Å². The lowest BCUT2D eigenvalue weighted by atomic mass is 10.2. The molecule has 0 saturated carbocycles. The van der Waals surface area contributed by atoms with Gasteiger partial charge in [-0.3, -0.25) is 9.88 Å². The van der Waals surface area contributed by atoms with Gasteiger partial charge in [-0.2, -0.15) is 0 Å². The summed E-state index contributed by atoms with van der Waals surface area (Å²) in [6.07, 6.45) is 3.44. The maximum Gasteiger partial charge on any atom is 0.0822 e. The molecule has 0 atom stereocenters. The first kappa shape index (κ1) is 11.6. The van der Waals surface area contributed by atoms with E-state index in [9.17, 15) is 0 Å². The summed E-state index contributed by atoms with van der Waals surface area (Å²) in [6, 6.07) is 1.95. The van der Waals surface area contributed by atoms with Crippen LogP contribution in [0.5, 0.6) is 0 Å². The molecule has 1 aromatic rings. The Morgan fingerprint density at radius 2 is 2.06 bits per heavy atom. The highest BCUT2D eigenvalue weighted by atomic mass is 35.5. The van der Waals surface area contributed by atoms with Crippen molar-refractivity contribution in [3.8, 4) is 0 Å². The largest absolute Gasteiger partial charge is 0.395 e. The summed E-state index contributed by atoms with van der Waals surface area (Å²) in [7, 11) is 0. The SMILES string of the molecule is OCCN1CCN(c2ccncc2Cl)CC1. The van der Waals surface area contributed by atoms with Gasteiger partial charge in [0.2, 0.25) is 0 Å². The topological polar surface area (TPSA) is 39.6 Å². The molecule has 0 spiro atoms. The molecule has 0 amide bonds. The number of aromatic nitrogens is 1. The van der Waals surface area contributed by atoms with Crippen LogP contribution in [0, 0.1) is 0 Å². The summed E-state index contributed by atoms with van der Waals surface area (Å²) in [5.74, 6) is 0. The third-order valence-corrected chi connectivity index (χ3v) is 3.17. The molecule has 1 saturated heterocycles. The van der Waals surface area contributed by atoms with E-state index in [2.05, 4.69) is 14.8 Å². The Morgan fingerprint density at radius 1 is 1.31 bits per heavy atom. The quantitative estimate of drug-likeness (QED) is 0.852. The molecule has 0 aromatic carbocycles. The van der Waals surface area contributed by atoms with Gasteiger partial charge in [0.25, 0.3) is 0 Å². The molecule has 5 heteroatoms. The summed E-state index contributed by atoms with van der Waals surface area (Å²) >= 11 is 6.10. The van der Waals surface area contributed by atoms with Gasteiger partial charge in [-0.15, -0.1) is 0 Å². The van der Waals surface area contributed by atoms with Crippen LogP contribution in [-0.4, -0.2) is 54.3 Å². The molecule has 4 nitrogen and oxygen atoms in total. The Morgan fingerprint density at radius 3 is 2.69 bits per heavy atom. The van der Waals surface area contributed by atoms with Crippen LogP contribution in [0.25, 0.3) is 0 Å². The molecule has 2 heterocycles. The zero-order valence-electron chi connectivity index (χ0n) is 9.14. The molecule has 1 aliphatic heterocycles. The van der Waals surface area contributed by atoms with E-state index in [4.69, 9.17) is 16.7 Å². The number of anilines is 1. The summed E-state index contributed by atoms with van der Waals surface area (Å²) in [4.78, 5) is 8.50. The highest BCUT2D eigenvalue weighted by Crippen LogP contribution is 2.24. The van der Waals surface area contributed by atoms with Gasteiger partial charge in [0.15, 0.2) is 0 Å². The van der Waals surface area contributed by atoms with Gasteiger partial charge in [-0.25, -0.2) is 0 Å². The molecule has 88 valence electrons. The first-order valence-electron chi connectivity index (χ1n) is 5.49. The Bertz CT molecular complexity index is 340. The summed E-state index contributed by atoms with van der Waals surface area (Å²) < 4.78 is 0. The average Bonchev–Trinajstić information content (AvgIpc) is 2.31. The third kappa shape index (κ3) is 2.64. The Balaban J connectivity index is 1.96. The molecule has 0 bridgehead atoms. The summed E-state index contributed by atoms with van der Waals surface area (Å²) in [6.45, 7) is 4.83. The van der Waals surface area contributed by atoms with Crippen molar-refractivity contribution in [3.63, 3.8) is 0 Å². The number of pyridine rings is 1. The number of β-amino-alcohol motifs (C(OH)–C–C–N with tert-alkyl or cyclic N) is 1. The van der Waals surface area contributed by atoms with Gasteiger partial charge in [-0.05, 0) is 6.07 Å². The number of piperazine rings is 1. The Labute approximate surface area is 100 Å². The van der Waals surface area contributed by atoms with Crippen LogP contribution < -0.4 is 4.90 Å². The highest BCUT2D eigenvalue weighted by molar-refractivity contribution is 6.33. The molecule has 0 aliphatic carbocycles. The standard InChI is InChI=1S/C11H16ClN3O/c12-10-9-13-2-1-11(10)15-5-3-14(4-6-15)7-8-16/h1-2,9,16H,3-8H2. The first-order chi connectivity index (χ1) is 7.81. The van der Waals surface area contributed by atoms with Crippen molar-refractivity contribution in [2.75, 3.05) is 44.2 Å². The van der Waals surface area contributed by atoms with Crippen LogP contribution in [0.1, 0.15) is 0 Å². The molecule has 0 unspecified atom stereocenters. The summed E-state index contributed by atoms with van der Waals surface area (Å²) in [5.41, 5.74) is 1.06. The monoisotopic (exact) mass is 241 g/mol. The Hall–Kier alpha value is -0.840. The van der Waals surface area contributed by atoms with Crippen LogP contribution in [-0.2, 0) is 0 Å². The minimum Gasteiger partial charge on any atom is -0.395 e. The molecule has 1 N–H and O–H groups in total. The maximum atomic E-state index is 8.86. The normalized spacial score (nSPS) is 17.8. The number of hydrogen-bond donors (Lipinski definition) is 1. The zero-order chi connectivity index (χ0) is 11.4. The molecule has 1 aromatic heterocycles. The van der Waals surface area contributed by atoms with Gasteiger partial charge in [0.05, 0.1) is 17.3 Å². The number of aliphatic hydroxyl groups excluding tert-OH is 1. The van der Waals surface area contributed by atoms with Gasteiger partial charge in [-0.1, -0.05) is 11.6 Å². The second-order valence-corrected chi connectivity index (χ2v) is 4.29. The van der Waals surface area contributed by atoms with Crippen molar-refractivity contribution in [1.29, 1.82) is 0 Å². The third-order valence-electron chi connectivity index (χ3n) is 2.88. The highest BCUT2D eigenvalue weighted by Gasteiger charge is 2.17. The fourth-order valence-electron chi connectivity index (χ4n) is 1.98. The van der Waals surface area contributed by atoms with Crippen molar-refractivity contribution >= 4 is 17.3 Å². The van der Waals surface area contributed by atoms with E-state index < -0.39 is 0 Å². The lowest BCUT2D eigenvalue weighted by Gasteiger charge is -2.36. The van der Waals surface area contributed by atoms with Crippen LogP contribution >= 0.6 is 11.6 Å². The number of hydrogen-bond acceptors (Lipinski definition) is 4. The van der Waals surface area contributed by atoms with E-state index in [0.717, 1.165) is 38.4 Å². The summed E-state index contributed by atoms with van der Waals surface area (Å²) in [5, 5.41) is 9.57. The molecule has 1 fully saturated rings. The molecule has 0 radical (unpaired) electrons. The Kier molecular flexibility index (Phi) is 3.98. The zero-order valence-corrected chi connectivity index (χ0v) is 9.90. The van der Waals surface area contributed by atoms with E-state index in [1.165, 1.54) is 0 Å². The van der Waals surface area contributed by atoms with E-state index in [-0.39, 0.29) is 6.61 Å². The molecule has 2 rings (SSSR count). The fourth-order valence-corrected chi connectivity index (χ4v) is 2.22. The van der Waals surface area contributed by atoms with Crippen LogP contribution in [0.3, 0.4) is 0 Å². The van der Waals surface area contributed by atoms with Crippen molar-refractivity contribution in [2.24, 2.45) is 0 Å². The van der Waals surface area contributed by atoms with Crippen molar-refractivity contribution in [3.05, 3.63) is 23.5 Å². The van der Waals surface area contributed by atoms with E-state index in [1.54, 1.807) is 12.4 Å². The smallest absolute Gasteiger partial charge is 0.0822 e. The lowest BCUT2D eigenvalue weighted by molar-refractivity contribution is 0.189. The number of rotatable bonds is 3. The van der Waals surface area contributed by atoms with E-state index >= 15 is 0 Å². The minimum atomic E-state index is 0.232. The van der Waals surface area contributed by atoms with Crippen molar-refractivity contribution in [2.45, 2.75) is 0 Å². The van der Waals surface area contributed by atoms with E-state index in [0.29, 0.717) is 5.02 Å². The molecular formula is C11H16ClN3O. The average molecular weight is 242 g/mol. The lowest BCUT2D eigenvalue weighted by Crippen LogP contribution is -2.47. The first-order valence-corrected chi connectivity index (χ1v) is 5.87. The molecular weight excluding hydrogens is 226 g/mol. The second kappa shape index (κ2) is 5.48. The van der Waals surface area contributed by atoms with Crippen LogP contribution in [0.15, 0.2) is 18.5 Å². The minimum absolute atomic E-state index is 0.232. The van der Waals surface area contributed by atoms with Gasteiger partial charge < -0.3 is 10.0 Å². The van der Waals surface area contributed by atoms with Crippen molar-refractivity contribution < 1.29 is 5.11 Å². The number of aliphatic hydroxyl groups is 1. The maximum absolute atomic E-state index is 8.86. The van der Waals surface area contributed by atoms with Gasteiger partial charge >= 0.3 is 0 Å². The number of halogens is 1. The van der Waals surface area contributed by atoms with Crippen molar-refractivity contribution in [1.82, 2.24) is 9.88 Å². The molecule has 1 aliphatic rings. The van der Waals surface area contributed by atoms with Crippen LogP contribution in [0.4, 0.5) is 5.69 Å². The molecule has 16 heavy (non-hydrogen) atoms. The predicted molar refractivity (Wildman–Crippen MR) is 65.0 cm³/mol. The fraction of sp³-hybridized carbons (Fsp3) is 0.545. The van der Waals surface area contributed by atoms with Crippen LogP contribution in [0.2, 0.25) is 5.02 Å².